The second-order valence-corrected chi connectivity index (χ2v) is 6.08. The molecule has 0 radical (unpaired) electrons. The summed E-state index contributed by atoms with van der Waals surface area (Å²) in [4.78, 5) is 16.2. The Morgan fingerprint density at radius 2 is 2.05 bits per heavy atom. The Labute approximate surface area is 133 Å². The molecule has 0 aliphatic carbocycles. The molecule has 3 aromatic rings. The molecule has 0 aliphatic heterocycles. The molecule has 4 nitrogen and oxygen atoms in total. The van der Waals surface area contributed by atoms with Crippen LogP contribution in [-0.2, 0) is 0 Å². The van der Waals surface area contributed by atoms with Gasteiger partial charge in [-0.15, -0.1) is 11.3 Å². The molecule has 0 atom stereocenters. The smallest absolute Gasteiger partial charge is 0.293 e. The van der Waals surface area contributed by atoms with Crippen LogP contribution in [0.3, 0.4) is 0 Å². The second-order valence-electron chi connectivity index (χ2n) is 3.98. The molecule has 0 unspecified atom stereocenters. The van der Waals surface area contributed by atoms with Crippen molar-refractivity contribution in [3.8, 4) is 11.3 Å². The number of nitrogens with zero attached hydrogens (tertiary/aromatic N) is 1. The number of benzene rings is 1. The van der Waals surface area contributed by atoms with E-state index in [-0.39, 0.29) is 11.7 Å². The molecule has 1 amide bonds. The van der Waals surface area contributed by atoms with Gasteiger partial charge in [-0.2, -0.15) is 0 Å². The lowest BCUT2D eigenvalue weighted by atomic mass is 10.2. The Morgan fingerprint density at radius 1 is 1.25 bits per heavy atom. The monoisotopic (exact) mass is 396 g/mol. The highest BCUT2D eigenvalue weighted by Gasteiger charge is 2.11. The van der Waals surface area contributed by atoms with Crippen molar-refractivity contribution in [3.05, 3.63) is 57.4 Å². The summed E-state index contributed by atoms with van der Waals surface area (Å²) in [7, 11) is 0. The minimum atomic E-state index is -0.293. The van der Waals surface area contributed by atoms with Crippen molar-refractivity contribution < 1.29 is 9.21 Å². The number of nitrogens with one attached hydrogen (secondary N) is 1. The zero-order valence-corrected chi connectivity index (χ0v) is 13.1. The van der Waals surface area contributed by atoms with Gasteiger partial charge in [0.15, 0.2) is 10.9 Å². The van der Waals surface area contributed by atoms with Gasteiger partial charge >= 0.3 is 0 Å². The van der Waals surface area contributed by atoms with Crippen LogP contribution in [0, 0.1) is 3.57 Å². The molecule has 2 heterocycles. The summed E-state index contributed by atoms with van der Waals surface area (Å²) in [6.07, 6.45) is 1.47. The van der Waals surface area contributed by atoms with Crippen LogP contribution in [0.4, 0.5) is 5.13 Å². The van der Waals surface area contributed by atoms with Crippen LogP contribution in [0.15, 0.2) is 52.5 Å². The van der Waals surface area contributed by atoms with E-state index in [0.717, 1.165) is 11.3 Å². The quantitative estimate of drug-likeness (QED) is 0.674. The van der Waals surface area contributed by atoms with Crippen LogP contribution in [0.25, 0.3) is 11.3 Å². The summed E-state index contributed by atoms with van der Waals surface area (Å²) in [6, 6.07) is 11.4. The summed E-state index contributed by atoms with van der Waals surface area (Å²) in [6.45, 7) is 0. The first kappa shape index (κ1) is 13.3. The largest absolute Gasteiger partial charge is 0.459 e. The SMILES string of the molecule is O=C(Nc1nc(-c2ccc(I)cc2)cs1)c1ccco1. The average molecular weight is 396 g/mol. The lowest BCUT2D eigenvalue weighted by Crippen LogP contribution is -2.10. The number of anilines is 1. The predicted molar refractivity (Wildman–Crippen MR) is 86.9 cm³/mol. The Kier molecular flexibility index (Phi) is 3.83. The Balaban J connectivity index is 1.77. The Morgan fingerprint density at radius 3 is 2.75 bits per heavy atom. The highest BCUT2D eigenvalue weighted by atomic mass is 127. The third kappa shape index (κ3) is 2.91. The second kappa shape index (κ2) is 5.76. The highest BCUT2D eigenvalue weighted by molar-refractivity contribution is 14.1. The number of rotatable bonds is 3. The third-order valence-electron chi connectivity index (χ3n) is 2.61. The fourth-order valence-corrected chi connectivity index (χ4v) is 2.73. The number of hydrogen-bond acceptors (Lipinski definition) is 4. The van der Waals surface area contributed by atoms with Crippen LogP contribution in [0.1, 0.15) is 10.6 Å². The van der Waals surface area contributed by atoms with E-state index in [0.29, 0.717) is 5.13 Å². The molecule has 3 rings (SSSR count). The van der Waals surface area contributed by atoms with Gasteiger partial charge in [0.1, 0.15) is 0 Å². The molecule has 0 spiro atoms. The van der Waals surface area contributed by atoms with E-state index in [1.807, 2.05) is 29.6 Å². The molecule has 0 fully saturated rings. The summed E-state index contributed by atoms with van der Waals surface area (Å²) in [5.41, 5.74) is 1.88. The van der Waals surface area contributed by atoms with Crippen LogP contribution in [0.5, 0.6) is 0 Å². The average Bonchev–Trinajstić information content (AvgIpc) is 3.10. The number of aromatic nitrogens is 1. The van der Waals surface area contributed by atoms with Crippen molar-refractivity contribution in [2.45, 2.75) is 0 Å². The molecule has 0 aliphatic rings. The van der Waals surface area contributed by atoms with Crippen molar-refractivity contribution in [3.63, 3.8) is 0 Å². The minimum Gasteiger partial charge on any atom is -0.459 e. The zero-order valence-electron chi connectivity index (χ0n) is 10.2. The molecule has 0 bridgehead atoms. The zero-order chi connectivity index (χ0) is 13.9. The van der Waals surface area contributed by atoms with Gasteiger partial charge in [-0.05, 0) is 46.9 Å². The maximum atomic E-state index is 11.8. The lowest BCUT2D eigenvalue weighted by Gasteiger charge is -1.98. The van der Waals surface area contributed by atoms with Gasteiger partial charge in [-0.25, -0.2) is 4.98 Å². The number of carbonyl (C=O) groups is 1. The highest BCUT2D eigenvalue weighted by Crippen LogP contribution is 2.25. The number of furan rings is 1. The summed E-state index contributed by atoms with van der Waals surface area (Å²) < 4.78 is 6.21. The predicted octanol–water partition coefficient (Wildman–Crippen LogP) is 4.26. The molecule has 2 aromatic heterocycles. The molecule has 20 heavy (non-hydrogen) atoms. The van der Waals surface area contributed by atoms with Crippen LogP contribution in [0.2, 0.25) is 0 Å². The van der Waals surface area contributed by atoms with Crippen molar-refractivity contribution in [2.24, 2.45) is 0 Å². The van der Waals surface area contributed by atoms with E-state index in [9.17, 15) is 4.79 Å². The molecule has 1 aromatic carbocycles. The van der Waals surface area contributed by atoms with Gasteiger partial charge in [-0.1, -0.05) is 12.1 Å². The first-order chi connectivity index (χ1) is 9.72. The maximum Gasteiger partial charge on any atom is 0.293 e. The Hall–Kier alpha value is -1.67. The van der Waals surface area contributed by atoms with E-state index < -0.39 is 0 Å². The van der Waals surface area contributed by atoms with Crippen LogP contribution in [-0.4, -0.2) is 10.9 Å². The number of halogens is 1. The van der Waals surface area contributed by atoms with Gasteiger partial charge in [0.25, 0.3) is 5.91 Å². The van der Waals surface area contributed by atoms with Crippen LogP contribution < -0.4 is 5.32 Å². The third-order valence-corrected chi connectivity index (χ3v) is 4.09. The van der Waals surface area contributed by atoms with Crippen molar-refractivity contribution >= 4 is 45.0 Å². The molecule has 1 N–H and O–H groups in total. The number of amides is 1. The van der Waals surface area contributed by atoms with E-state index in [2.05, 4.69) is 32.9 Å². The summed E-state index contributed by atoms with van der Waals surface area (Å²) >= 11 is 3.65. The van der Waals surface area contributed by atoms with Gasteiger partial charge in [-0.3, -0.25) is 10.1 Å². The minimum absolute atomic E-state index is 0.274. The Bertz CT molecular complexity index is 720. The fraction of sp³-hybridized carbons (Fsp3) is 0. The summed E-state index contributed by atoms with van der Waals surface area (Å²) in [5.74, 6) is -0.0190. The topological polar surface area (TPSA) is 55.1 Å². The van der Waals surface area contributed by atoms with Crippen molar-refractivity contribution in [2.75, 3.05) is 5.32 Å². The van der Waals surface area contributed by atoms with E-state index in [1.54, 1.807) is 12.1 Å². The molecule has 0 saturated heterocycles. The molecular weight excluding hydrogens is 387 g/mol. The number of carbonyl (C=O) groups excluding carboxylic acids is 1. The number of hydrogen-bond donors (Lipinski definition) is 1. The lowest BCUT2D eigenvalue weighted by molar-refractivity contribution is 0.0996. The fourth-order valence-electron chi connectivity index (χ4n) is 1.65. The van der Waals surface area contributed by atoms with E-state index in [1.165, 1.54) is 21.2 Å². The van der Waals surface area contributed by atoms with Gasteiger partial charge in [0, 0.05) is 14.5 Å². The summed E-state index contributed by atoms with van der Waals surface area (Å²) in [5, 5.41) is 5.19. The molecule has 6 heteroatoms. The van der Waals surface area contributed by atoms with Crippen LogP contribution >= 0.6 is 33.9 Å². The molecule has 100 valence electrons. The molecular formula is C14H9IN2O2S. The first-order valence-corrected chi connectivity index (χ1v) is 7.74. The molecule has 0 saturated carbocycles. The van der Waals surface area contributed by atoms with Gasteiger partial charge in [0.2, 0.25) is 0 Å². The van der Waals surface area contributed by atoms with Gasteiger partial charge < -0.3 is 4.42 Å². The number of thiazole rings is 1. The van der Waals surface area contributed by atoms with E-state index >= 15 is 0 Å². The van der Waals surface area contributed by atoms with Gasteiger partial charge in [0.05, 0.1) is 12.0 Å². The standard InChI is InChI=1S/C14H9IN2O2S/c15-10-5-3-9(4-6-10)11-8-20-14(16-11)17-13(18)12-2-1-7-19-12/h1-8H,(H,16,17,18). The van der Waals surface area contributed by atoms with Crippen molar-refractivity contribution in [1.82, 2.24) is 4.98 Å². The first-order valence-electron chi connectivity index (χ1n) is 5.79. The maximum absolute atomic E-state index is 11.8. The van der Waals surface area contributed by atoms with Crippen molar-refractivity contribution in [1.29, 1.82) is 0 Å². The van der Waals surface area contributed by atoms with E-state index in [4.69, 9.17) is 4.42 Å². The normalized spacial score (nSPS) is 10.4.